The Hall–Kier alpha value is -1.68. The molecule has 0 spiro atoms. The lowest BCUT2D eigenvalue weighted by Crippen LogP contribution is -2.13. The molecule has 4 heteroatoms. The van der Waals surface area contributed by atoms with Crippen LogP contribution in [0.1, 0.15) is 22.3 Å². The molecule has 0 aliphatic heterocycles. The van der Waals surface area contributed by atoms with Gasteiger partial charge >= 0.3 is 5.97 Å². The van der Waals surface area contributed by atoms with Crippen LogP contribution in [0.4, 0.5) is 0 Å². The summed E-state index contributed by atoms with van der Waals surface area (Å²) in [5, 5.41) is 0. The lowest BCUT2D eigenvalue weighted by atomic mass is 10.1. The summed E-state index contributed by atoms with van der Waals surface area (Å²) in [4.78, 5) is 22.2. The zero-order valence-electron chi connectivity index (χ0n) is 9.23. The van der Waals surface area contributed by atoms with Crippen molar-refractivity contribution in [1.82, 2.24) is 0 Å². The number of benzene rings is 1. The molecule has 0 aliphatic rings. The Balaban J connectivity index is 2.58. The van der Waals surface area contributed by atoms with Gasteiger partial charge in [0.15, 0.2) is 5.78 Å². The molecule has 2 N–H and O–H groups in total. The van der Waals surface area contributed by atoms with Gasteiger partial charge in [-0.25, -0.2) is 0 Å². The van der Waals surface area contributed by atoms with Gasteiger partial charge in [-0.1, -0.05) is 24.3 Å². The summed E-state index contributed by atoms with van der Waals surface area (Å²) in [6.07, 6.45) is 0.963. The minimum absolute atomic E-state index is 0.0154. The van der Waals surface area contributed by atoms with Gasteiger partial charge in [0.2, 0.25) is 0 Å². The zero-order chi connectivity index (χ0) is 12.0. The average Bonchev–Trinajstić information content (AvgIpc) is 2.35. The second-order valence-corrected chi connectivity index (χ2v) is 3.40. The number of methoxy groups -OCH3 is 1. The largest absolute Gasteiger partial charge is 0.469 e. The molecule has 0 heterocycles. The smallest absolute Gasteiger partial charge is 0.305 e. The quantitative estimate of drug-likeness (QED) is 0.593. The van der Waals surface area contributed by atoms with E-state index in [1.165, 1.54) is 7.11 Å². The summed E-state index contributed by atoms with van der Waals surface area (Å²) < 4.78 is 4.54. The Morgan fingerprint density at radius 2 is 1.88 bits per heavy atom. The van der Waals surface area contributed by atoms with Crippen molar-refractivity contribution in [2.24, 2.45) is 5.73 Å². The van der Waals surface area contributed by atoms with Crippen molar-refractivity contribution >= 4 is 11.8 Å². The SMILES string of the molecule is COC(=O)CCc1ccc(C(=O)CN)cc1. The number of carbonyl (C=O) groups is 2. The van der Waals surface area contributed by atoms with Crippen molar-refractivity contribution in [3.05, 3.63) is 35.4 Å². The number of nitrogens with two attached hydrogens (primary N) is 1. The lowest BCUT2D eigenvalue weighted by molar-refractivity contribution is -0.140. The fraction of sp³-hybridized carbons (Fsp3) is 0.333. The number of carbonyl (C=O) groups excluding carboxylic acids is 2. The van der Waals surface area contributed by atoms with Crippen LogP contribution in [0.2, 0.25) is 0 Å². The van der Waals surface area contributed by atoms with E-state index in [0.29, 0.717) is 18.4 Å². The number of ether oxygens (including phenoxy) is 1. The summed E-state index contributed by atoms with van der Waals surface area (Å²) >= 11 is 0. The summed E-state index contributed by atoms with van der Waals surface area (Å²) in [6.45, 7) is 0.0154. The number of rotatable bonds is 5. The molecule has 0 amide bonds. The highest BCUT2D eigenvalue weighted by atomic mass is 16.5. The third-order valence-corrected chi connectivity index (χ3v) is 2.31. The molecule has 0 aromatic heterocycles. The van der Waals surface area contributed by atoms with Crippen LogP contribution in [0, 0.1) is 0 Å². The summed E-state index contributed by atoms with van der Waals surface area (Å²) in [6, 6.07) is 7.10. The number of ketones is 1. The Bertz CT molecular complexity index is 370. The maximum absolute atomic E-state index is 11.2. The molecule has 4 nitrogen and oxygen atoms in total. The maximum Gasteiger partial charge on any atom is 0.305 e. The zero-order valence-corrected chi connectivity index (χ0v) is 9.23. The average molecular weight is 221 g/mol. The van der Waals surface area contributed by atoms with Gasteiger partial charge in [-0.15, -0.1) is 0 Å². The predicted octanol–water partition coefficient (Wildman–Crippen LogP) is 0.934. The number of aryl methyl sites for hydroxylation is 1. The molecule has 1 rings (SSSR count). The Labute approximate surface area is 94.4 Å². The van der Waals surface area contributed by atoms with E-state index < -0.39 is 0 Å². The fourth-order valence-electron chi connectivity index (χ4n) is 1.32. The second-order valence-electron chi connectivity index (χ2n) is 3.40. The third-order valence-electron chi connectivity index (χ3n) is 2.31. The van der Waals surface area contributed by atoms with Gasteiger partial charge in [-0.2, -0.15) is 0 Å². The topological polar surface area (TPSA) is 69.4 Å². The van der Waals surface area contributed by atoms with E-state index in [4.69, 9.17) is 5.73 Å². The summed E-state index contributed by atoms with van der Waals surface area (Å²) in [7, 11) is 1.37. The van der Waals surface area contributed by atoms with Gasteiger partial charge in [-0.3, -0.25) is 9.59 Å². The van der Waals surface area contributed by atoms with Gasteiger partial charge in [0, 0.05) is 12.0 Å². The first kappa shape index (κ1) is 12.4. The highest BCUT2D eigenvalue weighted by Gasteiger charge is 2.04. The molecule has 1 aromatic rings. The van der Waals surface area contributed by atoms with E-state index in [-0.39, 0.29) is 18.3 Å². The summed E-state index contributed by atoms with van der Waals surface area (Å²) in [5.74, 6) is -0.318. The van der Waals surface area contributed by atoms with Gasteiger partial charge in [0.05, 0.1) is 13.7 Å². The van der Waals surface area contributed by atoms with Crippen LogP contribution in [-0.2, 0) is 16.0 Å². The molecule has 0 saturated carbocycles. The minimum atomic E-state index is -0.234. The van der Waals surface area contributed by atoms with E-state index in [2.05, 4.69) is 4.74 Å². The number of hydrogen-bond acceptors (Lipinski definition) is 4. The first-order valence-corrected chi connectivity index (χ1v) is 5.06. The molecule has 0 unspecified atom stereocenters. The van der Waals surface area contributed by atoms with Crippen molar-refractivity contribution in [2.75, 3.05) is 13.7 Å². The van der Waals surface area contributed by atoms with E-state index in [1.54, 1.807) is 12.1 Å². The van der Waals surface area contributed by atoms with Crippen LogP contribution < -0.4 is 5.73 Å². The van der Waals surface area contributed by atoms with Crippen LogP contribution in [0.15, 0.2) is 24.3 Å². The first-order valence-electron chi connectivity index (χ1n) is 5.06. The standard InChI is InChI=1S/C12H15NO3/c1-16-12(15)7-4-9-2-5-10(6-3-9)11(14)8-13/h2-3,5-6H,4,7-8,13H2,1H3. The fourth-order valence-corrected chi connectivity index (χ4v) is 1.32. The Morgan fingerprint density at radius 3 is 2.38 bits per heavy atom. The molecule has 86 valence electrons. The first-order chi connectivity index (χ1) is 7.67. The minimum Gasteiger partial charge on any atom is -0.469 e. The molecule has 1 aromatic carbocycles. The van der Waals surface area contributed by atoms with Crippen LogP contribution in [0.5, 0.6) is 0 Å². The van der Waals surface area contributed by atoms with E-state index in [9.17, 15) is 9.59 Å². The van der Waals surface area contributed by atoms with Crippen LogP contribution >= 0.6 is 0 Å². The molecular weight excluding hydrogens is 206 g/mol. The van der Waals surface area contributed by atoms with E-state index in [1.807, 2.05) is 12.1 Å². The van der Waals surface area contributed by atoms with Gasteiger partial charge in [0.1, 0.15) is 0 Å². The van der Waals surface area contributed by atoms with Crippen molar-refractivity contribution in [3.63, 3.8) is 0 Å². The molecule has 0 atom stereocenters. The van der Waals surface area contributed by atoms with Crippen LogP contribution in [0.25, 0.3) is 0 Å². The second kappa shape index (κ2) is 6.02. The predicted molar refractivity (Wildman–Crippen MR) is 60.2 cm³/mol. The maximum atomic E-state index is 11.2. The lowest BCUT2D eigenvalue weighted by Gasteiger charge is -2.02. The van der Waals surface area contributed by atoms with Crippen LogP contribution in [0.3, 0.4) is 0 Å². The normalized spacial score (nSPS) is 9.88. The highest BCUT2D eigenvalue weighted by Crippen LogP contribution is 2.07. The number of hydrogen-bond donors (Lipinski definition) is 1. The molecule has 0 radical (unpaired) electrons. The van der Waals surface area contributed by atoms with Gasteiger partial charge in [0.25, 0.3) is 0 Å². The van der Waals surface area contributed by atoms with Crippen molar-refractivity contribution < 1.29 is 14.3 Å². The molecule has 0 aliphatic carbocycles. The number of Topliss-reactive ketones (excluding diaryl/α,β-unsaturated/α-hetero) is 1. The van der Waals surface area contributed by atoms with Gasteiger partial charge < -0.3 is 10.5 Å². The van der Waals surface area contributed by atoms with Crippen LogP contribution in [-0.4, -0.2) is 25.4 Å². The molecular formula is C12H15NO3. The van der Waals surface area contributed by atoms with Crippen molar-refractivity contribution in [1.29, 1.82) is 0 Å². The molecule has 0 saturated heterocycles. The highest BCUT2D eigenvalue weighted by molar-refractivity contribution is 5.97. The van der Waals surface area contributed by atoms with Gasteiger partial charge in [-0.05, 0) is 12.0 Å². The van der Waals surface area contributed by atoms with Crippen molar-refractivity contribution in [2.45, 2.75) is 12.8 Å². The summed E-state index contributed by atoms with van der Waals surface area (Å²) in [5.41, 5.74) is 6.85. The van der Waals surface area contributed by atoms with E-state index >= 15 is 0 Å². The third kappa shape index (κ3) is 3.47. The van der Waals surface area contributed by atoms with E-state index in [0.717, 1.165) is 5.56 Å². The van der Waals surface area contributed by atoms with Crippen molar-refractivity contribution in [3.8, 4) is 0 Å². The molecule has 16 heavy (non-hydrogen) atoms. The monoisotopic (exact) mass is 221 g/mol. The molecule has 0 fully saturated rings. The number of esters is 1. The molecule has 0 bridgehead atoms. The Morgan fingerprint density at radius 1 is 1.25 bits per heavy atom. The Kier molecular flexibility index (Phi) is 4.66.